The van der Waals surface area contributed by atoms with E-state index < -0.39 is 19.4 Å². The minimum absolute atomic E-state index is 0. The van der Waals surface area contributed by atoms with Crippen LogP contribution in [0, 0.1) is 0 Å². The van der Waals surface area contributed by atoms with Gasteiger partial charge >= 0.3 is 0 Å². The van der Waals surface area contributed by atoms with Gasteiger partial charge in [-0.25, -0.2) is 48.3 Å². The van der Waals surface area contributed by atoms with Gasteiger partial charge in [0.1, 0.15) is 70.1 Å². The zero-order valence-electron chi connectivity index (χ0n) is 58.4. The Bertz CT molecular complexity index is 4710. The van der Waals surface area contributed by atoms with Crippen LogP contribution in [-0.2, 0) is 108 Å². The summed E-state index contributed by atoms with van der Waals surface area (Å²) >= 11 is 6.42. The largest absolute Gasteiger partial charge is 0.356 e. The second kappa shape index (κ2) is 28.6. The maximum absolute atomic E-state index is 12.5. The third kappa shape index (κ3) is 15.4. The molecule has 6 aliphatic carbocycles. The molecular formula is C70H94N16O7S6. The molecule has 532 valence electrons. The molecule has 29 heteroatoms. The molecule has 10 heterocycles. The highest BCUT2D eigenvalue weighted by Gasteiger charge is 2.38. The van der Waals surface area contributed by atoms with E-state index in [1.165, 1.54) is 111 Å². The summed E-state index contributed by atoms with van der Waals surface area (Å²) < 4.78 is 37.5. The monoisotopic (exact) mass is 1460 g/mol. The molecule has 0 saturated heterocycles. The van der Waals surface area contributed by atoms with E-state index in [1.807, 2.05) is 18.4 Å². The van der Waals surface area contributed by atoms with E-state index in [0.717, 1.165) is 104 Å². The molecule has 4 fully saturated rings. The molecule has 4 amide bonds. The minimum atomic E-state index is -3.21. The van der Waals surface area contributed by atoms with Gasteiger partial charge in [-0.15, -0.1) is 45.3 Å². The van der Waals surface area contributed by atoms with E-state index in [0.29, 0.717) is 74.4 Å². The Morgan fingerprint density at radius 1 is 0.384 bits per heavy atom. The van der Waals surface area contributed by atoms with Gasteiger partial charge in [-0.3, -0.25) is 23.4 Å². The van der Waals surface area contributed by atoms with Crippen molar-refractivity contribution in [1.82, 2.24) is 59.5 Å². The van der Waals surface area contributed by atoms with Crippen molar-refractivity contribution in [1.29, 1.82) is 0 Å². The molecule has 0 aromatic carbocycles. The number of rotatable bonds is 16. The number of hydrogen-bond acceptors (Lipinski definition) is 23. The van der Waals surface area contributed by atoms with Crippen LogP contribution in [0.15, 0.2) is 4.21 Å². The van der Waals surface area contributed by atoms with Gasteiger partial charge in [-0.05, 0) is 147 Å². The lowest BCUT2D eigenvalue weighted by Crippen LogP contribution is -2.26. The molecule has 0 spiro atoms. The van der Waals surface area contributed by atoms with E-state index in [2.05, 4.69) is 56.6 Å². The molecule has 99 heavy (non-hydrogen) atoms. The van der Waals surface area contributed by atoms with Crippen molar-refractivity contribution in [3.05, 3.63) is 60.2 Å². The zero-order valence-corrected chi connectivity index (χ0v) is 63.3. The average molecular weight is 1460 g/mol. The third-order valence-electron chi connectivity index (χ3n) is 19.8. The predicted molar refractivity (Wildman–Crippen MR) is 404 cm³/mol. The number of aromatic nitrogens is 8. The number of thiophene rings is 4. The smallest absolute Gasteiger partial charge is 0.229 e. The molecule has 1 atom stereocenters. The maximum Gasteiger partial charge on any atom is 0.229 e. The average Bonchev–Trinajstić information content (AvgIpc) is 1.59. The van der Waals surface area contributed by atoms with Gasteiger partial charge in [-0.1, -0.05) is 7.43 Å². The van der Waals surface area contributed by atoms with Crippen LogP contribution in [0.1, 0.15) is 138 Å². The van der Waals surface area contributed by atoms with Crippen molar-refractivity contribution in [3.8, 4) is 0 Å². The summed E-state index contributed by atoms with van der Waals surface area (Å²) in [5.41, 5.74) is 5.01. The number of nitrogens with zero attached hydrogens (tertiary/aromatic N) is 16. The molecular weight excluding hydrogens is 1370 g/mol. The second-order valence-corrected chi connectivity index (χ2v) is 37.6. The van der Waals surface area contributed by atoms with Gasteiger partial charge in [0.25, 0.3) is 0 Å². The molecule has 4 saturated carbocycles. The van der Waals surface area contributed by atoms with Gasteiger partial charge in [-0.2, -0.15) is 0 Å². The Morgan fingerprint density at radius 3 is 1.03 bits per heavy atom. The first-order valence-corrected chi connectivity index (χ1v) is 41.1. The first-order chi connectivity index (χ1) is 46.6. The summed E-state index contributed by atoms with van der Waals surface area (Å²) in [5.74, 6) is 11.3. The fourth-order valence-electron chi connectivity index (χ4n) is 13.2. The maximum atomic E-state index is 12.5. The standard InChI is InChI=1S/C18H24N4O2S2.C18H24N4OS.C17H22N4OS.C16H20N4O3S2.CH4/c1-21(2)15(23)9-14-19-17(22(3)11-5-6-11)16-12-7-8-26(4,24)10-13(12)25-18(16)20-14;1-21(2)15(23)10-14-19-17(22(3)11-8-9-11)16-12-6-4-5-7-13(12)24-18(16)20-14;1-20(2)14(22)9-13-18-16(21(3)10-7-8-10)15-11-5-4-6-12(11)23-17(15)19-13;1-19(2)12(21)8-11-17-14(20(3)9-4-5-9)13-10-6-7-25(22,23)16(10)24-15(13)18-11;/h11H,4-10H2,1-3H3;11H,4-10H2,1-3H3;10H,4-9H2,1-3H3;9H,4-8H2,1-3H3;1H4. The highest BCUT2D eigenvalue weighted by Crippen LogP contribution is 2.47. The second-order valence-electron chi connectivity index (χ2n) is 28.4. The third-order valence-corrected chi connectivity index (χ3v) is 28.7. The predicted octanol–water partition coefficient (Wildman–Crippen LogP) is 8.79. The summed E-state index contributed by atoms with van der Waals surface area (Å²) in [7, 11) is 17.1. The van der Waals surface area contributed by atoms with Crippen molar-refractivity contribution in [3.63, 3.8) is 0 Å². The lowest BCUT2D eigenvalue weighted by molar-refractivity contribution is -0.128. The first kappa shape index (κ1) is 72.0. The quantitative estimate of drug-likeness (QED) is 0.0820. The SMILES string of the molecule is C.C=S1(=O)CCc2c(sc3nc(CC(=O)N(C)C)nc(N(C)C4CC4)c23)C1.CN(C)C(=O)Cc1nc(N(C)C2CC2)c2c3c(sc2n1)CCC3.CN(C)C(=O)Cc1nc(N(C)C2CC2)c2c3c(sc2n1)CCCC3.CN(C)C(=O)Cc1nc(N(C)C2CC2)c2c3c(sc2n1)S(=O)(=O)CC3. The Labute approximate surface area is 597 Å². The molecule has 8 aromatic heterocycles. The molecule has 23 nitrogen and oxygen atoms in total. The summed E-state index contributed by atoms with van der Waals surface area (Å²) in [6.45, 7) is 0. The number of carbonyl (C=O) groups is 4. The van der Waals surface area contributed by atoms with Gasteiger partial charge in [0.2, 0.25) is 23.6 Å². The van der Waals surface area contributed by atoms with Crippen LogP contribution < -0.4 is 19.6 Å². The lowest BCUT2D eigenvalue weighted by Gasteiger charge is -2.21. The molecule has 16 rings (SSSR count). The normalized spacial score (nSPS) is 18.5. The topological polar surface area (TPSA) is 249 Å². The van der Waals surface area contributed by atoms with E-state index in [1.54, 1.807) is 93.8 Å². The Balaban J connectivity index is 0.000000125. The van der Waals surface area contributed by atoms with Crippen LogP contribution in [0.4, 0.5) is 23.3 Å². The number of likely N-dealkylation sites (N-methyl/N-ethyl adjacent to an activating group) is 4. The van der Waals surface area contributed by atoms with Crippen LogP contribution in [-0.4, -0.2) is 222 Å². The number of fused-ring (bicyclic) bond motifs is 12. The van der Waals surface area contributed by atoms with Gasteiger partial charge < -0.3 is 39.2 Å². The first-order valence-electron chi connectivity index (χ1n) is 34.1. The number of carbonyl (C=O) groups excluding carboxylic acids is 4. The van der Waals surface area contributed by atoms with Gasteiger partial charge in [0.15, 0.2) is 9.84 Å². The molecule has 8 aromatic rings. The summed E-state index contributed by atoms with van der Waals surface area (Å²) in [6, 6.07) is 2.15. The van der Waals surface area contributed by atoms with Crippen LogP contribution >= 0.6 is 45.3 Å². The molecule has 0 N–H and O–H groups in total. The van der Waals surface area contributed by atoms with Gasteiger partial charge in [0.05, 0.1) is 58.7 Å². The molecule has 1 unspecified atom stereocenters. The molecule has 2 aliphatic heterocycles. The van der Waals surface area contributed by atoms with Crippen LogP contribution in [0.3, 0.4) is 0 Å². The van der Waals surface area contributed by atoms with E-state index in [4.69, 9.17) is 29.9 Å². The van der Waals surface area contributed by atoms with Crippen molar-refractivity contribution < 1.29 is 31.8 Å². The molecule has 0 bridgehead atoms. The zero-order chi connectivity index (χ0) is 69.5. The number of anilines is 4. The van der Waals surface area contributed by atoms with E-state index in [-0.39, 0.29) is 62.5 Å². The van der Waals surface area contributed by atoms with Crippen LogP contribution in [0.25, 0.3) is 40.9 Å². The van der Waals surface area contributed by atoms with E-state index in [9.17, 15) is 31.8 Å². The van der Waals surface area contributed by atoms with Crippen molar-refractivity contribution in [2.75, 3.05) is 116 Å². The number of amides is 4. The number of sulfone groups is 1. The summed E-state index contributed by atoms with van der Waals surface area (Å²) in [4.78, 5) is 109. The Kier molecular flexibility index (Phi) is 20.8. The number of hydrogen-bond donors (Lipinski definition) is 0. The summed E-state index contributed by atoms with van der Waals surface area (Å²) in [6.07, 6.45) is 20.0. The lowest BCUT2D eigenvalue weighted by atomic mass is 9.97. The Hall–Kier alpha value is -6.79. The van der Waals surface area contributed by atoms with Crippen molar-refractivity contribution in [2.45, 2.75) is 176 Å². The highest BCUT2D eigenvalue weighted by atomic mass is 32.2. The summed E-state index contributed by atoms with van der Waals surface area (Å²) in [5, 5.41) is 4.45. The van der Waals surface area contributed by atoms with Gasteiger partial charge in [0, 0.05) is 129 Å². The fourth-order valence-corrected chi connectivity index (χ4v) is 22.3. The number of aryl methyl sites for hydroxylation is 6. The van der Waals surface area contributed by atoms with Crippen LogP contribution in [0.5, 0.6) is 0 Å². The molecule has 0 radical (unpaired) electrons. The minimum Gasteiger partial charge on any atom is -0.356 e. The molecule has 8 aliphatic rings. The fraction of sp³-hybridized carbons (Fsp3) is 0.586. The van der Waals surface area contributed by atoms with E-state index >= 15 is 0 Å². The van der Waals surface area contributed by atoms with Crippen LogP contribution in [0.2, 0.25) is 0 Å². The van der Waals surface area contributed by atoms with Crippen molar-refractivity contribution in [2.24, 2.45) is 0 Å². The Morgan fingerprint density at radius 2 is 0.677 bits per heavy atom. The van der Waals surface area contributed by atoms with Crippen molar-refractivity contribution >= 4 is 158 Å². The highest BCUT2D eigenvalue weighted by molar-refractivity contribution is 7.99.